The number of ketones is 2. The fourth-order valence-corrected chi connectivity index (χ4v) is 7.25. The average molecular weight is 431 g/mol. The average Bonchev–Trinajstić information content (AvgIpc) is 2.66. The number of carbonyl (C=O) groups excluding carboxylic acids is 2. The summed E-state index contributed by atoms with van der Waals surface area (Å²) < 4.78 is 24.4. The predicted molar refractivity (Wildman–Crippen MR) is 121 cm³/mol. The second-order valence-electron chi connectivity index (χ2n) is 9.13. The Bertz CT molecular complexity index is 959. The Morgan fingerprint density at radius 2 is 1.70 bits per heavy atom. The van der Waals surface area contributed by atoms with Crippen LogP contribution in [0.4, 0.5) is 0 Å². The summed E-state index contributed by atoms with van der Waals surface area (Å²) in [6.45, 7) is 7.85. The van der Waals surface area contributed by atoms with Gasteiger partial charge in [-0.1, -0.05) is 37.1 Å². The molecule has 0 spiro atoms. The molecule has 1 aromatic rings. The van der Waals surface area contributed by atoms with Gasteiger partial charge in [-0.2, -0.15) is 0 Å². The lowest BCUT2D eigenvalue weighted by Crippen LogP contribution is -2.34. The van der Waals surface area contributed by atoms with Crippen molar-refractivity contribution in [3.63, 3.8) is 0 Å². The molecule has 1 fully saturated rings. The van der Waals surface area contributed by atoms with Crippen LogP contribution in [0.25, 0.3) is 5.57 Å². The van der Waals surface area contributed by atoms with Crippen molar-refractivity contribution in [3.8, 4) is 0 Å². The summed E-state index contributed by atoms with van der Waals surface area (Å²) in [6.07, 6.45) is 4.51. The zero-order chi connectivity index (χ0) is 22.1. The molecule has 2 atom stereocenters. The fraction of sp³-hybridized carbons (Fsp3) is 0.600. The summed E-state index contributed by atoms with van der Waals surface area (Å²) in [6, 6.07) is 4.31. The van der Waals surface area contributed by atoms with Crippen LogP contribution in [0.3, 0.4) is 0 Å². The number of rotatable bonds is 6. The van der Waals surface area contributed by atoms with Crippen LogP contribution < -0.4 is 0 Å². The quantitative estimate of drug-likeness (QED) is 0.658. The van der Waals surface area contributed by atoms with Crippen molar-refractivity contribution in [2.45, 2.75) is 72.6 Å². The molecule has 164 valence electrons. The number of sulfone groups is 1. The second-order valence-corrected chi connectivity index (χ2v) is 11.4. The molecule has 5 heteroatoms. The zero-order valence-electron chi connectivity index (χ0n) is 18.7. The van der Waals surface area contributed by atoms with Crippen molar-refractivity contribution >= 4 is 27.0 Å². The standard InChI is InChI=1S/C25H34O4S/c1-5-18-10-16(3)11-19(6-2)24(18)25-22(12-17(4)26)13-21(14-23(25)27)20-8-7-9-30(28,29)15-20/h10-11,20-21H,5-9,12-15H2,1-4H3. The van der Waals surface area contributed by atoms with Gasteiger partial charge in [0.1, 0.15) is 5.78 Å². The highest BCUT2D eigenvalue weighted by Gasteiger charge is 2.37. The van der Waals surface area contributed by atoms with Gasteiger partial charge in [0.15, 0.2) is 15.6 Å². The third-order valence-electron chi connectivity index (χ3n) is 6.67. The van der Waals surface area contributed by atoms with Gasteiger partial charge >= 0.3 is 0 Å². The van der Waals surface area contributed by atoms with Crippen LogP contribution in [-0.4, -0.2) is 31.5 Å². The minimum absolute atomic E-state index is 0.0190. The number of aryl methyl sites for hydroxylation is 3. The first kappa shape index (κ1) is 22.9. The first-order chi connectivity index (χ1) is 14.1. The highest BCUT2D eigenvalue weighted by atomic mass is 32.2. The van der Waals surface area contributed by atoms with Crippen LogP contribution in [0.2, 0.25) is 0 Å². The highest BCUT2D eigenvalue weighted by Crippen LogP contribution is 2.42. The molecule has 2 unspecified atom stereocenters. The summed E-state index contributed by atoms with van der Waals surface area (Å²) in [5, 5.41) is 0. The maximum Gasteiger partial charge on any atom is 0.163 e. The lowest BCUT2D eigenvalue weighted by atomic mass is 9.71. The molecule has 0 aromatic heterocycles. The van der Waals surface area contributed by atoms with Gasteiger partial charge < -0.3 is 0 Å². The van der Waals surface area contributed by atoms with E-state index in [1.165, 1.54) is 5.56 Å². The molecule has 1 aliphatic heterocycles. The van der Waals surface area contributed by atoms with Gasteiger partial charge in [0, 0.05) is 18.4 Å². The van der Waals surface area contributed by atoms with E-state index in [2.05, 4.69) is 32.9 Å². The van der Waals surface area contributed by atoms with Crippen LogP contribution in [0.5, 0.6) is 0 Å². The van der Waals surface area contributed by atoms with Gasteiger partial charge in [-0.05, 0) is 74.5 Å². The van der Waals surface area contributed by atoms with E-state index in [0.717, 1.165) is 47.1 Å². The van der Waals surface area contributed by atoms with Crippen LogP contribution in [0, 0.1) is 18.8 Å². The molecule has 0 amide bonds. The third kappa shape index (κ3) is 4.93. The number of Topliss-reactive ketones (excluding diaryl/α,β-unsaturated/α-hetero) is 2. The molecule has 0 saturated carbocycles. The Morgan fingerprint density at radius 3 is 2.23 bits per heavy atom. The van der Waals surface area contributed by atoms with E-state index in [4.69, 9.17) is 0 Å². The molecule has 1 aliphatic carbocycles. The summed E-state index contributed by atoms with van der Waals surface area (Å²) in [5.41, 5.74) is 6.20. The summed E-state index contributed by atoms with van der Waals surface area (Å²) in [7, 11) is -3.03. The monoisotopic (exact) mass is 430 g/mol. The SMILES string of the molecule is CCc1cc(C)cc(CC)c1C1=C(CC(C)=O)CC(C2CCCS(=O)(=O)C2)CC1=O. The van der Waals surface area contributed by atoms with E-state index in [9.17, 15) is 18.0 Å². The minimum Gasteiger partial charge on any atom is -0.300 e. The molecular weight excluding hydrogens is 396 g/mol. The number of allylic oxidation sites excluding steroid dienone is 2. The molecular formula is C25H34O4S. The molecule has 30 heavy (non-hydrogen) atoms. The number of carbonyl (C=O) groups is 2. The van der Waals surface area contributed by atoms with Crippen LogP contribution in [-0.2, 0) is 32.3 Å². The Labute approximate surface area is 181 Å². The van der Waals surface area contributed by atoms with Crippen molar-refractivity contribution in [1.29, 1.82) is 0 Å². The topological polar surface area (TPSA) is 68.3 Å². The smallest absolute Gasteiger partial charge is 0.163 e. The number of hydrogen-bond donors (Lipinski definition) is 0. The van der Waals surface area contributed by atoms with Gasteiger partial charge in [-0.3, -0.25) is 9.59 Å². The maximum atomic E-state index is 13.5. The van der Waals surface area contributed by atoms with Crippen molar-refractivity contribution in [1.82, 2.24) is 0 Å². The molecule has 2 aliphatic rings. The normalized spacial score (nSPS) is 24.2. The Kier molecular flexibility index (Phi) is 7.01. The number of hydrogen-bond acceptors (Lipinski definition) is 4. The molecule has 1 heterocycles. The van der Waals surface area contributed by atoms with E-state index in [1.54, 1.807) is 6.92 Å². The Hall–Kier alpha value is -1.75. The Morgan fingerprint density at radius 1 is 1.07 bits per heavy atom. The fourth-order valence-electron chi connectivity index (χ4n) is 5.39. The highest BCUT2D eigenvalue weighted by molar-refractivity contribution is 7.91. The largest absolute Gasteiger partial charge is 0.300 e. The van der Waals surface area contributed by atoms with Gasteiger partial charge in [0.25, 0.3) is 0 Å². The van der Waals surface area contributed by atoms with Crippen molar-refractivity contribution in [3.05, 3.63) is 40.0 Å². The summed E-state index contributed by atoms with van der Waals surface area (Å²) >= 11 is 0. The molecule has 4 nitrogen and oxygen atoms in total. The van der Waals surface area contributed by atoms with Crippen molar-refractivity contribution in [2.24, 2.45) is 11.8 Å². The first-order valence-electron chi connectivity index (χ1n) is 11.2. The number of benzene rings is 1. The third-order valence-corrected chi connectivity index (χ3v) is 8.52. The molecule has 0 bridgehead atoms. The molecule has 3 rings (SSSR count). The predicted octanol–water partition coefficient (Wildman–Crippen LogP) is 4.66. The van der Waals surface area contributed by atoms with Crippen molar-refractivity contribution < 1.29 is 18.0 Å². The van der Waals surface area contributed by atoms with E-state index in [1.807, 2.05) is 0 Å². The van der Waals surface area contributed by atoms with Crippen LogP contribution in [0.1, 0.15) is 75.1 Å². The van der Waals surface area contributed by atoms with E-state index in [0.29, 0.717) is 19.3 Å². The van der Waals surface area contributed by atoms with Gasteiger partial charge in [-0.25, -0.2) is 8.42 Å². The van der Waals surface area contributed by atoms with Crippen LogP contribution in [0.15, 0.2) is 17.7 Å². The van der Waals surface area contributed by atoms with Crippen LogP contribution >= 0.6 is 0 Å². The lowest BCUT2D eigenvalue weighted by Gasteiger charge is -2.35. The van der Waals surface area contributed by atoms with E-state index < -0.39 is 9.84 Å². The summed E-state index contributed by atoms with van der Waals surface area (Å²) in [5.74, 6) is 0.610. The Balaban J connectivity index is 2.09. The van der Waals surface area contributed by atoms with Crippen molar-refractivity contribution in [2.75, 3.05) is 11.5 Å². The lowest BCUT2D eigenvalue weighted by molar-refractivity contribution is -0.116. The molecule has 0 radical (unpaired) electrons. The zero-order valence-corrected chi connectivity index (χ0v) is 19.5. The van der Waals surface area contributed by atoms with E-state index in [-0.39, 0.29) is 41.3 Å². The maximum absolute atomic E-state index is 13.5. The second kappa shape index (κ2) is 9.17. The van der Waals surface area contributed by atoms with Gasteiger partial charge in [-0.15, -0.1) is 0 Å². The van der Waals surface area contributed by atoms with Gasteiger partial charge in [0.05, 0.1) is 11.5 Å². The first-order valence-corrected chi connectivity index (χ1v) is 13.0. The minimum atomic E-state index is -3.03. The summed E-state index contributed by atoms with van der Waals surface area (Å²) in [4.78, 5) is 25.6. The van der Waals surface area contributed by atoms with Gasteiger partial charge in [0.2, 0.25) is 0 Å². The van der Waals surface area contributed by atoms with E-state index >= 15 is 0 Å². The molecule has 0 N–H and O–H groups in total. The molecule has 1 saturated heterocycles. The molecule has 1 aromatic carbocycles.